The summed E-state index contributed by atoms with van der Waals surface area (Å²) in [7, 11) is 0. The van der Waals surface area contributed by atoms with E-state index < -0.39 is 0 Å². The Morgan fingerprint density at radius 3 is 2.40 bits per heavy atom. The van der Waals surface area contributed by atoms with Crippen molar-refractivity contribution in [3.05, 3.63) is 35.4 Å². The number of benzene rings is 1. The molecule has 1 saturated heterocycles. The largest absolute Gasteiger partial charge is 0.381 e. The molecule has 0 bridgehead atoms. The molecule has 0 aromatic heterocycles. The lowest BCUT2D eigenvalue weighted by Crippen LogP contribution is -2.29. The summed E-state index contributed by atoms with van der Waals surface area (Å²) >= 11 is 0. The fraction of sp³-hybridized carbons (Fsp3) is 0.462. The molecule has 1 aliphatic rings. The van der Waals surface area contributed by atoms with Gasteiger partial charge in [0.15, 0.2) is 0 Å². The van der Waals surface area contributed by atoms with Crippen LogP contribution in [0.3, 0.4) is 0 Å². The second-order valence-electron chi connectivity index (χ2n) is 4.13. The minimum Gasteiger partial charge on any atom is -0.381 e. The lowest BCUT2D eigenvalue weighted by atomic mass is 9.97. The Bertz CT molecular complexity index is 312. The Kier molecular flexibility index (Phi) is 3.51. The van der Waals surface area contributed by atoms with Crippen LogP contribution < -0.4 is 0 Å². The van der Waals surface area contributed by atoms with Gasteiger partial charge in [-0.1, -0.05) is 24.3 Å². The molecule has 0 saturated carbocycles. The van der Waals surface area contributed by atoms with E-state index in [0.29, 0.717) is 12.3 Å². The van der Waals surface area contributed by atoms with E-state index in [-0.39, 0.29) is 0 Å². The SMILES string of the molecule is O=CCCc1ccc(CC2COC2)cc1. The third-order valence-corrected chi connectivity index (χ3v) is 2.81. The van der Waals surface area contributed by atoms with Crippen molar-refractivity contribution in [1.82, 2.24) is 0 Å². The summed E-state index contributed by atoms with van der Waals surface area (Å²) in [6.07, 6.45) is 3.57. The molecule has 1 aromatic rings. The van der Waals surface area contributed by atoms with E-state index in [4.69, 9.17) is 4.74 Å². The lowest BCUT2D eigenvalue weighted by molar-refractivity contribution is -0.107. The molecule has 2 rings (SSSR count). The third kappa shape index (κ3) is 2.90. The van der Waals surface area contributed by atoms with Crippen LogP contribution in [-0.4, -0.2) is 19.5 Å². The second kappa shape index (κ2) is 5.08. The fourth-order valence-corrected chi connectivity index (χ4v) is 1.80. The van der Waals surface area contributed by atoms with E-state index in [0.717, 1.165) is 32.3 Å². The number of hydrogen-bond acceptors (Lipinski definition) is 2. The maximum atomic E-state index is 10.2. The van der Waals surface area contributed by atoms with Gasteiger partial charge < -0.3 is 9.53 Å². The summed E-state index contributed by atoms with van der Waals surface area (Å²) in [5.74, 6) is 0.714. The van der Waals surface area contributed by atoms with Gasteiger partial charge in [0.25, 0.3) is 0 Å². The first-order valence-electron chi connectivity index (χ1n) is 5.47. The number of aryl methyl sites for hydroxylation is 1. The Hall–Kier alpha value is -1.15. The zero-order chi connectivity index (χ0) is 10.5. The molecular formula is C13H16O2. The van der Waals surface area contributed by atoms with Crippen molar-refractivity contribution in [2.45, 2.75) is 19.3 Å². The first kappa shape index (κ1) is 10.4. The smallest absolute Gasteiger partial charge is 0.120 e. The van der Waals surface area contributed by atoms with Crippen LogP contribution in [-0.2, 0) is 22.4 Å². The summed E-state index contributed by atoms with van der Waals surface area (Å²) in [6.45, 7) is 1.82. The van der Waals surface area contributed by atoms with Crippen LogP contribution in [0.2, 0.25) is 0 Å². The molecule has 0 spiro atoms. The number of rotatable bonds is 5. The molecule has 15 heavy (non-hydrogen) atoms. The Morgan fingerprint density at radius 2 is 1.87 bits per heavy atom. The van der Waals surface area contributed by atoms with Crippen molar-refractivity contribution in [2.24, 2.45) is 5.92 Å². The molecule has 0 amide bonds. The zero-order valence-corrected chi connectivity index (χ0v) is 8.82. The molecular weight excluding hydrogens is 188 g/mol. The highest BCUT2D eigenvalue weighted by Crippen LogP contribution is 2.17. The standard InChI is InChI=1S/C13H16O2/c14-7-1-2-11-3-5-12(6-4-11)8-13-9-15-10-13/h3-7,13H,1-2,8-10H2. The summed E-state index contributed by atoms with van der Waals surface area (Å²) in [4.78, 5) is 10.2. The quantitative estimate of drug-likeness (QED) is 0.686. The van der Waals surface area contributed by atoms with Gasteiger partial charge in [-0.25, -0.2) is 0 Å². The maximum Gasteiger partial charge on any atom is 0.120 e. The third-order valence-electron chi connectivity index (χ3n) is 2.81. The van der Waals surface area contributed by atoms with Crippen LogP contribution in [0.1, 0.15) is 17.5 Å². The average Bonchev–Trinajstić information content (AvgIpc) is 2.22. The highest BCUT2D eigenvalue weighted by molar-refractivity contribution is 5.50. The monoisotopic (exact) mass is 204 g/mol. The van der Waals surface area contributed by atoms with E-state index in [1.165, 1.54) is 11.1 Å². The first-order chi connectivity index (χ1) is 7.38. The molecule has 80 valence electrons. The van der Waals surface area contributed by atoms with E-state index in [2.05, 4.69) is 24.3 Å². The molecule has 0 radical (unpaired) electrons. The van der Waals surface area contributed by atoms with Crippen molar-refractivity contribution in [2.75, 3.05) is 13.2 Å². The van der Waals surface area contributed by atoms with Gasteiger partial charge in [0.05, 0.1) is 13.2 Å². The van der Waals surface area contributed by atoms with Crippen LogP contribution in [0, 0.1) is 5.92 Å². The van der Waals surface area contributed by atoms with Crippen LogP contribution >= 0.6 is 0 Å². The Morgan fingerprint density at radius 1 is 1.20 bits per heavy atom. The van der Waals surface area contributed by atoms with Gasteiger partial charge in [-0.05, 0) is 24.0 Å². The number of aldehydes is 1. The van der Waals surface area contributed by atoms with Crippen LogP contribution in [0.4, 0.5) is 0 Å². The highest BCUT2D eigenvalue weighted by atomic mass is 16.5. The second-order valence-corrected chi connectivity index (χ2v) is 4.13. The average molecular weight is 204 g/mol. The van der Waals surface area contributed by atoms with Crippen molar-refractivity contribution in [3.63, 3.8) is 0 Å². The molecule has 0 N–H and O–H groups in total. The van der Waals surface area contributed by atoms with E-state index in [1.807, 2.05) is 0 Å². The van der Waals surface area contributed by atoms with E-state index in [9.17, 15) is 4.79 Å². The normalized spacial score (nSPS) is 16.0. The maximum absolute atomic E-state index is 10.2. The van der Waals surface area contributed by atoms with E-state index >= 15 is 0 Å². The van der Waals surface area contributed by atoms with Gasteiger partial charge in [-0.3, -0.25) is 0 Å². The van der Waals surface area contributed by atoms with Crippen molar-refractivity contribution >= 4 is 6.29 Å². The number of carbonyl (C=O) groups is 1. The van der Waals surface area contributed by atoms with Crippen LogP contribution in [0.15, 0.2) is 24.3 Å². The van der Waals surface area contributed by atoms with Gasteiger partial charge in [0, 0.05) is 12.3 Å². The van der Waals surface area contributed by atoms with Gasteiger partial charge in [0.2, 0.25) is 0 Å². The Labute approximate surface area is 90.3 Å². The minimum absolute atomic E-state index is 0.621. The number of ether oxygens (including phenoxy) is 1. The number of hydrogen-bond donors (Lipinski definition) is 0. The first-order valence-corrected chi connectivity index (χ1v) is 5.47. The van der Waals surface area contributed by atoms with E-state index in [1.54, 1.807) is 0 Å². The van der Waals surface area contributed by atoms with Crippen molar-refractivity contribution in [3.8, 4) is 0 Å². The molecule has 2 nitrogen and oxygen atoms in total. The predicted molar refractivity (Wildman–Crippen MR) is 58.8 cm³/mol. The fourth-order valence-electron chi connectivity index (χ4n) is 1.80. The van der Waals surface area contributed by atoms with Gasteiger partial charge in [-0.15, -0.1) is 0 Å². The molecule has 1 fully saturated rings. The van der Waals surface area contributed by atoms with Gasteiger partial charge >= 0.3 is 0 Å². The van der Waals surface area contributed by atoms with Crippen LogP contribution in [0.5, 0.6) is 0 Å². The topological polar surface area (TPSA) is 26.3 Å². The summed E-state index contributed by atoms with van der Waals surface area (Å²) in [5.41, 5.74) is 2.62. The summed E-state index contributed by atoms with van der Waals surface area (Å²) < 4.78 is 5.15. The molecule has 0 aliphatic carbocycles. The lowest BCUT2D eigenvalue weighted by Gasteiger charge is -2.25. The molecule has 2 heteroatoms. The highest BCUT2D eigenvalue weighted by Gasteiger charge is 2.18. The summed E-state index contributed by atoms with van der Waals surface area (Å²) in [6, 6.07) is 8.58. The molecule has 0 atom stereocenters. The van der Waals surface area contributed by atoms with Crippen LogP contribution in [0.25, 0.3) is 0 Å². The molecule has 1 heterocycles. The van der Waals surface area contributed by atoms with Crippen molar-refractivity contribution in [1.29, 1.82) is 0 Å². The number of carbonyl (C=O) groups excluding carboxylic acids is 1. The van der Waals surface area contributed by atoms with Crippen molar-refractivity contribution < 1.29 is 9.53 Å². The predicted octanol–water partition coefficient (Wildman–Crippen LogP) is 2.01. The molecule has 1 aliphatic heterocycles. The summed E-state index contributed by atoms with van der Waals surface area (Å²) in [5, 5.41) is 0. The zero-order valence-electron chi connectivity index (χ0n) is 8.82. The van der Waals surface area contributed by atoms with Gasteiger partial charge in [0.1, 0.15) is 6.29 Å². The minimum atomic E-state index is 0.621. The Balaban J connectivity index is 1.87. The molecule has 0 unspecified atom stereocenters. The molecule has 1 aromatic carbocycles. The van der Waals surface area contributed by atoms with Gasteiger partial charge in [-0.2, -0.15) is 0 Å².